The predicted molar refractivity (Wildman–Crippen MR) is 110 cm³/mol. The Morgan fingerprint density at radius 2 is 2.00 bits per heavy atom. The predicted octanol–water partition coefficient (Wildman–Crippen LogP) is 3.43. The van der Waals surface area contributed by atoms with Gasteiger partial charge in [0.2, 0.25) is 5.91 Å². The average molecular weight is 416 g/mol. The average Bonchev–Trinajstić information content (AvgIpc) is 3.07. The molecule has 144 valence electrons. The Labute approximate surface area is 171 Å². The SMILES string of the molecule is NC(=O)COc1cccc(NC(=O)Cc2csc(Cc3cccc(Cl)c3)n2)c1. The Hall–Kier alpha value is -2.90. The van der Waals surface area contributed by atoms with Crippen LogP contribution >= 0.6 is 22.9 Å². The van der Waals surface area contributed by atoms with Gasteiger partial charge in [-0.25, -0.2) is 4.98 Å². The second-order valence-corrected chi connectivity index (χ2v) is 7.43. The number of carbonyl (C=O) groups excluding carboxylic acids is 2. The first-order valence-corrected chi connectivity index (χ1v) is 9.72. The van der Waals surface area contributed by atoms with Crippen LogP contribution in [-0.4, -0.2) is 23.4 Å². The maximum atomic E-state index is 12.3. The van der Waals surface area contributed by atoms with Crippen molar-refractivity contribution in [3.8, 4) is 5.75 Å². The van der Waals surface area contributed by atoms with Crippen molar-refractivity contribution in [2.75, 3.05) is 11.9 Å². The van der Waals surface area contributed by atoms with E-state index in [1.54, 1.807) is 24.3 Å². The molecule has 3 N–H and O–H groups in total. The van der Waals surface area contributed by atoms with Crippen molar-refractivity contribution in [1.29, 1.82) is 0 Å². The lowest BCUT2D eigenvalue weighted by atomic mass is 10.2. The largest absolute Gasteiger partial charge is 0.484 e. The van der Waals surface area contributed by atoms with Gasteiger partial charge in [-0.1, -0.05) is 29.8 Å². The summed E-state index contributed by atoms with van der Waals surface area (Å²) in [5.74, 6) is -0.299. The highest BCUT2D eigenvalue weighted by atomic mass is 35.5. The fourth-order valence-corrected chi connectivity index (χ4v) is 3.56. The van der Waals surface area contributed by atoms with Crippen molar-refractivity contribution >= 4 is 40.4 Å². The van der Waals surface area contributed by atoms with Crippen LogP contribution in [0.1, 0.15) is 16.3 Å². The molecular formula is C20H18ClN3O3S. The molecule has 0 aliphatic heterocycles. The van der Waals surface area contributed by atoms with E-state index in [0.29, 0.717) is 28.6 Å². The fourth-order valence-electron chi connectivity index (χ4n) is 2.52. The van der Waals surface area contributed by atoms with E-state index < -0.39 is 5.91 Å². The number of thiazole rings is 1. The van der Waals surface area contributed by atoms with E-state index in [9.17, 15) is 9.59 Å². The van der Waals surface area contributed by atoms with Gasteiger partial charge in [0, 0.05) is 28.6 Å². The summed E-state index contributed by atoms with van der Waals surface area (Å²) in [7, 11) is 0. The molecular weight excluding hydrogens is 398 g/mol. The molecule has 3 rings (SSSR count). The molecule has 1 aromatic heterocycles. The first-order chi connectivity index (χ1) is 13.5. The maximum Gasteiger partial charge on any atom is 0.255 e. The Morgan fingerprint density at radius 1 is 1.18 bits per heavy atom. The van der Waals surface area contributed by atoms with Gasteiger partial charge in [-0.15, -0.1) is 11.3 Å². The number of halogens is 1. The number of aromatic nitrogens is 1. The number of rotatable bonds is 8. The summed E-state index contributed by atoms with van der Waals surface area (Å²) in [6.45, 7) is -0.217. The molecule has 0 radical (unpaired) electrons. The van der Waals surface area contributed by atoms with Crippen LogP contribution in [0.4, 0.5) is 5.69 Å². The van der Waals surface area contributed by atoms with E-state index in [1.807, 2.05) is 29.6 Å². The number of primary amides is 1. The van der Waals surface area contributed by atoms with Gasteiger partial charge in [0.05, 0.1) is 17.1 Å². The summed E-state index contributed by atoms with van der Waals surface area (Å²) >= 11 is 7.52. The lowest BCUT2D eigenvalue weighted by Gasteiger charge is -2.07. The third-order valence-corrected chi connectivity index (χ3v) is 4.82. The number of amides is 2. The highest BCUT2D eigenvalue weighted by Crippen LogP contribution is 2.20. The highest BCUT2D eigenvalue weighted by Gasteiger charge is 2.10. The van der Waals surface area contributed by atoms with E-state index >= 15 is 0 Å². The van der Waals surface area contributed by atoms with Crippen LogP contribution in [0.15, 0.2) is 53.9 Å². The van der Waals surface area contributed by atoms with E-state index in [1.165, 1.54) is 11.3 Å². The zero-order valence-corrected chi connectivity index (χ0v) is 16.4. The van der Waals surface area contributed by atoms with Gasteiger partial charge in [0.1, 0.15) is 5.75 Å². The van der Waals surface area contributed by atoms with E-state index in [-0.39, 0.29) is 18.9 Å². The molecule has 1 heterocycles. The van der Waals surface area contributed by atoms with Crippen LogP contribution in [0.2, 0.25) is 5.02 Å². The lowest BCUT2D eigenvalue weighted by molar-refractivity contribution is -0.120. The van der Waals surface area contributed by atoms with Crippen LogP contribution in [-0.2, 0) is 22.4 Å². The van der Waals surface area contributed by atoms with Crippen molar-refractivity contribution < 1.29 is 14.3 Å². The number of hydrogen-bond acceptors (Lipinski definition) is 5. The number of nitrogens with two attached hydrogens (primary N) is 1. The molecule has 3 aromatic rings. The number of anilines is 1. The second kappa shape index (κ2) is 9.34. The van der Waals surface area contributed by atoms with E-state index in [4.69, 9.17) is 22.1 Å². The van der Waals surface area contributed by atoms with Crippen LogP contribution in [0.5, 0.6) is 5.75 Å². The molecule has 0 aliphatic carbocycles. The molecule has 6 nitrogen and oxygen atoms in total. The normalized spacial score (nSPS) is 10.5. The molecule has 0 saturated heterocycles. The highest BCUT2D eigenvalue weighted by molar-refractivity contribution is 7.09. The first-order valence-electron chi connectivity index (χ1n) is 8.46. The molecule has 0 atom stereocenters. The molecule has 8 heteroatoms. The summed E-state index contributed by atoms with van der Waals surface area (Å²) in [4.78, 5) is 27.6. The molecule has 2 aromatic carbocycles. The molecule has 0 fully saturated rings. The lowest BCUT2D eigenvalue weighted by Crippen LogP contribution is -2.20. The van der Waals surface area contributed by atoms with Gasteiger partial charge < -0.3 is 15.8 Å². The second-order valence-electron chi connectivity index (χ2n) is 6.05. The van der Waals surface area contributed by atoms with Crippen LogP contribution in [0.25, 0.3) is 0 Å². The smallest absolute Gasteiger partial charge is 0.255 e. The van der Waals surface area contributed by atoms with Gasteiger partial charge >= 0.3 is 0 Å². The van der Waals surface area contributed by atoms with Gasteiger partial charge in [-0.05, 0) is 29.8 Å². The van der Waals surface area contributed by atoms with Crippen molar-refractivity contribution in [3.63, 3.8) is 0 Å². The summed E-state index contributed by atoms with van der Waals surface area (Å²) in [5.41, 5.74) is 7.41. The maximum absolute atomic E-state index is 12.3. The quantitative estimate of drug-likeness (QED) is 0.589. The van der Waals surface area contributed by atoms with Gasteiger partial charge in [-0.3, -0.25) is 9.59 Å². The molecule has 2 amide bonds. The van der Waals surface area contributed by atoms with Crippen molar-refractivity contribution in [3.05, 3.63) is 75.2 Å². The number of ether oxygens (including phenoxy) is 1. The monoisotopic (exact) mass is 415 g/mol. The van der Waals surface area contributed by atoms with Crippen LogP contribution in [0.3, 0.4) is 0 Å². The van der Waals surface area contributed by atoms with Gasteiger partial charge in [-0.2, -0.15) is 0 Å². The molecule has 0 bridgehead atoms. The summed E-state index contributed by atoms with van der Waals surface area (Å²) in [5, 5.41) is 6.29. The first kappa shape index (κ1) is 19.9. The number of nitrogens with zero attached hydrogens (tertiary/aromatic N) is 1. The standard InChI is InChI=1S/C20H18ClN3O3S/c21-14-4-1-3-13(7-14)8-20-24-16(12-28-20)10-19(26)23-15-5-2-6-17(9-15)27-11-18(22)25/h1-7,9,12H,8,10-11H2,(H2,22,25)(H,23,26). The molecule has 0 unspecified atom stereocenters. The van der Waals surface area contributed by atoms with E-state index in [2.05, 4.69) is 10.3 Å². The minimum atomic E-state index is -0.563. The van der Waals surface area contributed by atoms with Crippen molar-refractivity contribution in [1.82, 2.24) is 4.98 Å². The van der Waals surface area contributed by atoms with Crippen LogP contribution in [0, 0.1) is 0 Å². The minimum absolute atomic E-state index is 0.165. The van der Waals surface area contributed by atoms with Gasteiger partial charge in [0.15, 0.2) is 6.61 Å². The zero-order valence-electron chi connectivity index (χ0n) is 14.9. The zero-order chi connectivity index (χ0) is 19.9. The Balaban J connectivity index is 1.56. The summed E-state index contributed by atoms with van der Waals surface area (Å²) < 4.78 is 5.23. The topological polar surface area (TPSA) is 94.3 Å². The number of benzene rings is 2. The minimum Gasteiger partial charge on any atom is -0.484 e. The fraction of sp³-hybridized carbons (Fsp3) is 0.150. The Kier molecular flexibility index (Phi) is 6.62. The third kappa shape index (κ3) is 6.07. The third-order valence-electron chi connectivity index (χ3n) is 3.68. The molecule has 0 spiro atoms. The molecule has 0 aliphatic rings. The van der Waals surface area contributed by atoms with Crippen LogP contribution < -0.4 is 15.8 Å². The number of carbonyl (C=O) groups is 2. The molecule has 0 saturated carbocycles. The Bertz CT molecular complexity index is 990. The van der Waals surface area contributed by atoms with E-state index in [0.717, 1.165) is 10.6 Å². The summed E-state index contributed by atoms with van der Waals surface area (Å²) in [6.07, 6.45) is 0.838. The van der Waals surface area contributed by atoms with Gasteiger partial charge in [0.25, 0.3) is 5.91 Å². The van der Waals surface area contributed by atoms with Crippen molar-refractivity contribution in [2.45, 2.75) is 12.8 Å². The summed E-state index contributed by atoms with van der Waals surface area (Å²) in [6, 6.07) is 14.4. The molecule has 28 heavy (non-hydrogen) atoms. The van der Waals surface area contributed by atoms with Crippen molar-refractivity contribution in [2.24, 2.45) is 5.73 Å². The number of hydrogen-bond donors (Lipinski definition) is 2. The Morgan fingerprint density at radius 3 is 2.79 bits per heavy atom. The number of nitrogens with one attached hydrogen (secondary N) is 1.